The van der Waals surface area contributed by atoms with Gasteiger partial charge in [0.05, 0.1) is 0 Å². The molecule has 0 saturated carbocycles. The van der Waals surface area contributed by atoms with Gasteiger partial charge in [0, 0.05) is 36.8 Å². The molecule has 1 aromatic rings. The summed E-state index contributed by atoms with van der Waals surface area (Å²) < 4.78 is 0. The van der Waals surface area contributed by atoms with Crippen LogP contribution in [0.4, 0.5) is 5.82 Å². The lowest BCUT2D eigenvalue weighted by Crippen LogP contribution is -2.46. The predicted molar refractivity (Wildman–Crippen MR) is 79.8 cm³/mol. The zero-order valence-corrected chi connectivity index (χ0v) is 12.6. The van der Waals surface area contributed by atoms with Crippen molar-refractivity contribution in [1.82, 2.24) is 15.3 Å². The molecule has 1 unspecified atom stereocenters. The summed E-state index contributed by atoms with van der Waals surface area (Å²) in [5, 5.41) is 3.55. The summed E-state index contributed by atoms with van der Waals surface area (Å²) in [6.07, 6.45) is 2.50. The minimum atomic E-state index is 0.382. The van der Waals surface area contributed by atoms with Gasteiger partial charge >= 0.3 is 0 Å². The second kappa shape index (κ2) is 6.33. The van der Waals surface area contributed by atoms with E-state index in [-0.39, 0.29) is 0 Å². The normalized spacial score (nSPS) is 20.1. The molecular weight excluding hydrogens is 236 g/mol. The summed E-state index contributed by atoms with van der Waals surface area (Å²) >= 11 is 0. The lowest BCUT2D eigenvalue weighted by molar-refractivity contribution is 0.429. The number of aryl methyl sites for hydroxylation is 1. The van der Waals surface area contributed by atoms with Gasteiger partial charge in [0.1, 0.15) is 11.6 Å². The van der Waals surface area contributed by atoms with Gasteiger partial charge in [-0.3, -0.25) is 0 Å². The molecule has 1 aliphatic rings. The average Bonchev–Trinajstić information content (AvgIpc) is 2.38. The third kappa shape index (κ3) is 3.66. The van der Waals surface area contributed by atoms with Crippen LogP contribution in [0.2, 0.25) is 0 Å². The smallest absolute Gasteiger partial charge is 0.133 e. The largest absolute Gasteiger partial charge is 0.355 e. The van der Waals surface area contributed by atoms with E-state index in [4.69, 9.17) is 4.98 Å². The third-order valence-electron chi connectivity index (χ3n) is 3.61. The minimum absolute atomic E-state index is 0.382. The van der Waals surface area contributed by atoms with Crippen LogP contribution < -0.4 is 10.2 Å². The molecule has 1 saturated heterocycles. The zero-order chi connectivity index (χ0) is 13.8. The van der Waals surface area contributed by atoms with E-state index in [1.807, 2.05) is 0 Å². The number of rotatable bonds is 4. The van der Waals surface area contributed by atoms with Crippen molar-refractivity contribution < 1.29 is 0 Å². The molecule has 2 rings (SSSR count). The first-order valence-corrected chi connectivity index (χ1v) is 7.44. The Morgan fingerprint density at radius 2 is 2.21 bits per heavy atom. The van der Waals surface area contributed by atoms with Crippen LogP contribution in [0, 0.1) is 6.92 Å². The maximum atomic E-state index is 4.74. The number of hydrogen-bond donors (Lipinski definition) is 1. The van der Waals surface area contributed by atoms with E-state index in [9.17, 15) is 0 Å². The molecule has 2 heterocycles. The van der Waals surface area contributed by atoms with Crippen LogP contribution in [0.1, 0.15) is 51.0 Å². The molecule has 4 nitrogen and oxygen atoms in total. The summed E-state index contributed by atoms with van der Waals surface area (Å²) in [7, 11) is 0. The molecule has 1 N–H and O–H groups in total. The Morgan fingerprint density at radius 3 is 2.89 bits per heavy atom. The molecule has 1 atom stereocenters. The predicted octanol–water partition coefficient (Wildman–Crippen LogP) is 2.49. The molecule has 4 heteroatoms. The first-order valence-electron chi connectivity index (χ1n) is 7.44. The number of anilines is 1. The van der Waals surface area contributed by atoms with Crippen molar-refractivity contribution in [3.05, 3.63) is 17.6 Å². The molecule has 1 aliphatic heterocycles. The van der Waals surface area contributed by atoms with Crippen LogP contribution in [-0.2, 0) is 0 Å². The Morgan fingerprint density at radius 1 is 1.42 bits per heavy atom. The lowest BCUT2D eigenvalue weighted by Gasteiger charge is -2.34. The minimum Gasteiger partial charge on any atom is -0.355 e. The Balaban J connectivity index is 2.16. The van der Waals surface area contributed by atoms with Gasteiger partial charge in [-0.1, -0.05) is 20.8 Å². The highest BCUT2D eigenvalue weighted by Crippen LogP contribution is 2.21. The van der Waals surface area contributed by atoms with Crippen molar-refractivity contribution in [1.29, 1.82) is 0 Å². The Bertz CT molecular complexity index is 415. The van der Waals surface area contributed by atoms with E-state index in [1.165, 1.54) is 12.8 Å². The van der Waals surface area contributed by atoms with Gasteiger partial charge in [0.25, 0.3) is 0 Å². The maximum absolute atomic E-state index is 4.74. The fourth-order valence-corrected chi connectivity index (χ4v) is 2.64. The van der Waals surface area contributed by atoms with Crippen molar-refractivity contribution in [2.45, 2.75) is 52.5 Å². The third-order valence-corrected chi connectivity index (χ3v) is 3.61. The average molecular weight is 262 g/mol. The quantitative estimate of drug-likeness (QED) is 0.905. The van der Waals surface area contributed by atoms with E-state index in [2.05, 4.69) is 49.0 Å². The van der Waals surface area contributed by atoms with E-state index < -0.39 is 0 Å². The Hall–Kier alpha value is -1.16. The van der Waals surface area contributed by atoms with Crippen LogP contribution >= 0.6 is 0 Å². The number of piperidine rings is 1. The monoisotopic (exact) mass is 262 g/mol. The van der Waals surface area contributed by atoms with Crippen LogP contribution in [0.5, 0.6) is 0 Å². The topological polar surface area (TPSA) is 41.0 Å². The van der Waals surface area contributed by atoms with Crippen molar-refractivity contribution in [3.8, 4) is 0 Å². The zero-order valence-electron chi connectivity index (χ0n) is 12.6. The SMILES string of the molecule is CCNC1CCCN(c2cc(C)nc(C(C)C)n2)C1. The molecular formula is C15H26N4. The number of nitrogens with one attached hydrogen (secondary N) is 1. The highest BCUT2D eigenvalue weighted by Gasteiger charge is 2.21. The number of aromatic nitrogens is 2. The van der Waals surface area contributed by atoms with Crippen molar-refractivity contribution >= 4 is 5.82 Å². The van der Waals surface area contributed by atoms with Gasteiger partial charge in [-0.15, -0.1) is 0 Å². The second-order valence-corrected chi connectivity index (χ2v) is 5.72. The van der Waals surface area contributed by atoms with E-state index in [1.54, 1.807) is 0 Å². The van der Waals surface area contributed by atoms with Crippen molar-refractivity contribution in [3.63, 3.8) is 0 Å². The van der Waals surface area contributed by atoms with Crippen molar-refractivity contribution in [2.75, 3.05) is 24.5 Å². The molecule has 106 valence electrons. The fourth-order valence-electron chi connectivity index (χ4n) is 2.64. The highest BCUT2D eigenvalue weighted by atomic mass is 15.2. The van der Waals surface area contributed by atoms with E-state index in [0.717, 1.165) is 37.0 Å². The second-order valence-electron chi connectivity index (χ2n) is 5.72. The van der Waals surface area contributed by atoms with Gasteiger partial charge in [0.15, 0.2) is 0 Å². The Labute approximate surface area is 116 Å². The molecule has 0 aromatic carbocycles. The highest BCUT2D eigenvalue weighted by molar-refractivity contribution is 5.40. The van der Waals surface area contributed by atoms with Gasteiger partial charge < -0.3 is 10.2 Å². The first-order chi connectivity index (χ1) is 9.10. The lowest BCUT2D eigenvalue weighted by atomic mass is 10.1. The summed E-state index contributed by atoms with van der Waals surface area (Å²) in [5.74, 6) is 2.44. The van der Waals surface area contributed by atoms with Crippen LogP contribution in [0.25, 0.3) is 0 Å². The first kappa shape index (κ1) is 14.3. The molecule has 1 aromatic heterocycles. The molecule has 0 amide bonds. The van der Waals surface area contributed by atoms with E-state index >= 15 is 0 Å². The van der Waals surface area contributed by atoms with E-state index in [0.29, 0.717) is 12.0 Å². The van der Waals surface area contributed by atoms with Gasteiger partial charge in [-0.05, 0) is 26.3 Å². The molecule has 0 aliphatic carbocycles. The summed E-state index contributed by atoms with van der Waals surface area (Å²) in [6.45, 7) is 11.7. The van der Waals surface area contributed by atoms with Crippen molar-refractivity contribution in [2.24, 2.45) is 0 Å². The summed E-state index contributed by atoms with van der Waals surface area (Å²) in [5.41, 5.74) is 1.07. The van der Waals surface area contributed by atoms with Gasteiger partial charge in [-0.2, -0.15) is 0 Å². The summed E-state index contributed by atoms with van der Waals surface area (Å²) in [6, 6.07) is 2.71. The van der Waals surface area contributed by atoms with Crippen LogP contribution in [0.15, 0.2) is 6.07 Å². The molecule has 0 spiro atoms. The fraction of sp³-hybridized carbons (Fsp3) is 0.733. The van der Waals surface area contributed by atoms with Crippen LogP contribution in [0.3, 0.4) is 0 Å². The Kier molecular flexibility index (Phi) is 4.75. The summed E-state index contributed by atoms with van der Waals surface area (Å²) in [4.78, 5) is 11.7. The molecule has 0 bridgehead atoms. The number of nitrogens with zero attached hydrogens (tertiary/aromatic N) is 3. The van der Waals surface area contributed by atoms with Gasteiger partial charge in [0.2, 0.25) is 0 Å². The maximum Gasteiger partial charge on any atom is 0.133 e. The number of hydrogen-bond acceptors (Lipinski definition) is 4. The standard InChI is InChI=1S/C15H26N4/c1-5-16-13-7-6-8-19(10-13)14-9-12(4)17-15(18-14)11(2)3/h9,11,13,16H,5-8,10H2,1-4H3. The molecule has 1 fully saturated rings. The van der Waals surface area contributed by atoms with Gasteiger partial charge in [-0.25, -0.2) is 9.97 Å². The number of likely N-dealkylation sites (N-methyl/N-ethyl adjacent to an activating group) is 1. The van der Waals surface area contributed by atoms with Crippen LogP contribution in [-0.4, -0.2) is 35.6 Å². The molecule has 0 radical (unpaired) electrons. The molecule has 19 heavy (non-hydrogen) atoms.